The van der Waals surface area contributed by atoms with E-state index in [9.17, 15) is 9.59 Å². The lowest BCUT2D eigenvalue weighted by Crippen LogP contribution is -2.36. The van der Waals surface area contributed by atoms with E-state index in [1.54, 1.807) is 35.4 Å². The summed E-state index contributed by atoms with van der Waals surface area (Å²) in [5.41, 5.74) is 2.53. The van der Waals surface area contributed by atoms with Gasteiger partial charge in [-0.2, -0.15) is 0 Å². The van der Waals surface area contributed by atoms with Crippen LogP contribution < -0.4 is 10.6 Å². The van der Waals surface area contributed by atoms with Crippen molar-refractivity contribution in [2.75, 3.05) is 13.6 Å². The minimum absolute atomic E-state index is 0.0652. The topological polar surface area (TPSA) is 74.3 Å². The van der Waals surface area contributed by atoms with Gasteiger partial charge in [-0.05, 0) is 36.2 Å². The molecule has 1 heterocycles. The first-order valence-corrected chi connectivity index (χ1v) is 10.6. The number of unbranched alkanes of at least 4 members (excludes halogenated alkanes) is 1. The molecule has 6 nitrogen and oxygen atoms in total. The van der Waals surface area contributed by atoms with Crippen molar-refractivity contribution < 1.29 is 9.59 Å². The minimum Gasteiger partial charge on any atom is -0.352 e. The van der Waals surface area contributed by atoms with Crippen LogP contribution in [0, 0.1) is 0 Å². The normalized spacial score (nSPS) is 10.7. The third-order valence-electron chi connectivity index (χ3n) is 4.53. The van der Waals surface area contributed by atoms with Gasteiger partial charge in [-0.15, -0.1) is 11.3 Å². The molecule has 3 amide bonds. The summed E-state index contributed by atoms with van der Waals surface area (Å²) in [4.78, 5) is 30.6. The molecule has 0 aliphatic carbocycles. The highest BCUT2D eigenvalue weighted by Gasteiger charge is 2.12. The average Bonchev–Trinajstić information content (AvgIpc) is 3.14. The lowest BCUT2D eigenvalue weighted by molar-refractivity contribution is 0.0953. The number of aromatic nitrogens is 1. The van der Waals surface area contributed by atoms with Crippen LogP contribution in [-0.2, 0) is 13.1 Å². The Labute approximate surface area is 174 Å². The molecule has 2 aromatic carbocycles. The quantitative estimate of drug-likeness (QED) is 0.548. The van der Waals surface area contributed by atoms with E-state index in [4.69, 9.17) is 0 Å². The van der Waals surface area contributed by atoms with Crippen molar-refractivity contribution in [3.05, 3.63) is 64.7 Å². The van der Waals surface area contributed by atoms with Crippen LogP contribution in [-0.4, -0.2) is 35.4 Å². The van der Waals surface area contributed by atoms with Crippen LogP contribution in [0.1, 0.15) is 40.7 Å². The first-order chi connectivity index (χ1) is 14.1. The standard InChI is InChI=1S/C22H26N4O2S/c1-3-4-13-23-21(27)17-11-9-16(10-12-17)14-24-22(28)26(2)15-20-25-18-7-5-6-8-19(18)29-20/h5-12H,3-4,13-15H2,1-2H3,(H,23,27)(H,24,28). The Hall–Kier alpha value is -2.93. The summed E-state index contributed by atoms with van der Waals surface area (Å²) in [5, 5.41) is 6.71. The third kappa shape index (κ3) is 5.77. The summed E-state index contributed by atoms with van der Waals surface area (Å²) in [6, 6.07) is 15.1. The van der Waals surface area contributed by atoms with Gasteiger partial charge in [-0.25, -0.2) is 9.78 Å². The zero-order valence-corrected chi connectivity index (χ0v) is 17.6. The van der Waals surface area contributed by atoms with Gasteiger partial charge in [0.1, 0.15) is 5.01 Å². The molecule has 0 saturated carbocycles. The van der Waals surface area contributed by atoms with Crippen molar-refractivity contribution in [3.8, 4) is 0 Å². The molecule has 29 heavy (non-hydrogen) atoms. The Morgan fingerprint density at radius 2 is 1.83 bits per heavy atom. The number of nitrogens with one attached hydrogen (secondary N) is 2. The summed E-state index contributed by atoms with van der Waals surface area (Å²) >= 11 is 1.60. The Morgan fingerprint density at radius 1 is 1.07 bits per heavy atom. The second-order valence-electron chi connectivity index (χ2n) is 6.90. The molecule has 152 valence electrons. The SMILES string of the molecule is CCCCNC(=O)c1ccc(CNC(=O)N(C)Cc2nc3ccccc3s2)cc1. The lowest BCUT2D eigenvalue weighted by Gasteiger charge is -2.16. The van der Waals surface area contributed by atoms with Crippen LogP contribution in [0.5, 0.6) is 0 Å². The lowest BCUT2D eigenvalue weighted by atomic mass is 10.1. The zero-order valence-electron chi connectivity index (χ0n) is 16.8. The van der Waals surface area contributed by atoms with Crippen LogP contribution in [0.25, 0.3) is 10.2 Å². The number of thiazole rings is 1. The molecule has 0 aliphatic heterocycles. The molecule has 0 saturated heterocycles. The number of urea groups is 1. The minimum atomic E-state index is -0.161. The molecule has 7 heteroatoms. The molecular weight excluding hydrogens is 384 g/mol. The van der Waals surface area contributed by atoms with Gasteiger partial charge in [0.05, 0.1) is 16.8 Å². The molecule has 3 rings (SSSR count). The molecule has 2 N–H and O–H groups in total. The van der Waals surface area contributed by atoms with Crippen molar-refractivity contribution in [2.24, 2.45) is 0 Å². The molecule has 3 aromatic rings. The second-order valence-corrected chi connectivity index (χ2v) is 8.01. The monoisotopic (exact) mass is 410 g/mol. The fourth-order valence-electron chi connectivity index (χ4n) is 2.83. The van der Waals surface area contributed by atoms with Crippen molar-refractivity contribution in [2.45, 2.75) is 32.9 Å². The highest BCUT2D eigenvalue weighted by molar-refractivity contribution is 7.18. The molecule has 0 radical (unpaired) electrons. The predicted molar refractivity (Wildman–Crippen MR) is 117 cm³/mol. The van der Waals surface area contributed by atoms with Gasteiger partial charge < -0.3 is 15.5 Å². The summed E-state index contributed by atoms with van der Waals surface area (Å²) in [6.07, 6.45) is 2.02. The van der Waals surface area contributed by atoms with Crippen LogP contribution in [0.4, 0.5) is 4.79 Å². The predicted octanol–water partition coefficient (Wildman–Crippen LogP) is 4.17. The zero-order chi connectivity index (χ0) is 20.6. The van der Waals surface area contributed by atoms with Gasteiger partial charge in [-0.1, -0.05) is 37.6 Å². The number of para-hydroxylation sites is 1. The number of benzene rings is 2. The molecule has 0 spiro atoms. The van der Waals surface area contributed by atoms with E-state index < -0.39 is 0 Å². The van der Waals surface area contributed by atoms with E-state index in [1.807, 2.05) is 36.4 Å². The third-order valence-corrected chi connectivity index (χ3v) is 5.55. The number of hydrogen-bond acceptors (Lipinski definition) is 4. The van der Waals surface area contributed by atoms with E-state index in [0.717, 1.165) is 33.6 Å². The number of carbonyl (C=O) groups excluding carboxylic acids is 2. The number of amides is 3. The number of hydrogen-bond donors (Lipinski definition) is 2. The van der Waals surface area contributed by atoms with Crippen molar-refractivity contribution in [1.82, 2.24) is 20.5 Å². The van der Waals surface area contributed by atoms with E-state index >= 15 is 0 Å². The first kappa shape index (κ1) is 20.8. The van der Waals surface area contributed by atoms with E-state index in [1.165, 1.54) is 0 Å². The van der Waals surface area contributed by atoms with Crippen molar-refractivity contribution >= 4 is 33.5 Å². The Kier molecular flexibility index (Phi) is 7.19. The average molecular weight is 411 g/mol. The maximum Gasteiger partial charge on any atom is 0.317 e. The van der Waals surface area contributed by atoms with E-state index in [-0.39, 0.29) is 11.9 Å². The van der Waals surface area contributed by atoms with Gasteiger partial charge in [0, 0.05) is 25.7 Å². The maximum atomic E-state index is 12.4. The fraction of sp³-hybridized carbons (Fsp3) is 0.318. The van der Waals surface area contributed by atoms with E-state index in [2.05, 4.69) is 22.5 Å². The molecule has 0 fully saturated rings. The number of nitrogens with zero attached hydrogens (tertiary/aromatic N) is 2. The summed E-state index contributed by atoms with van der Waals surface area (Å²) in [5.74, 6) is -0.0652. The van der Waals surface area contributed by atoms with E-state index in [0.29, 0.717) is 25.2 Å². The van der Waals surface area contributed by atoms with Gasteiger partial charge in [-0.3, -0.25) is 4.79 Å². The maximum absolute atomic E-state index is 12.4. The van der Waals surface area contributed by atoms with Gasteiger partial charge in [0.2, 0.25) is 0 Å². The number of rotatable bonds is 8. The van der Waals surface area contributed by atoms with Gasteiger partial charge >= 0.3 is 6.03 Å². The van der Waals surface area contributed by atoms with Crippen LogP contribution in [0.2, 0.25) is 0 Å². The highest BCUT2D eigenvalue weighted by Crippen LogP contribution is 2.22. The fourth-order valence-corrected chi connectivity index (χ4v) is 3.85. The Morgan fingerprint density at radius 3 is 2.55 bits per heavy atom. The van der Waals surface area contributed by atoms with Crippen molar-refractivity contribution in [3.63, 3.8) is 0 Å². The number of carbonyl (C=O) groups is 2. The molecule has 0 atom stereocenters. The van der Waals surface area contributed by atoms with Gasteiger partial charge in [0.25, 0.3) is 5.91 Å². The summed E-state index contributed by atoms with van der Waals surface area (Å²) in [7, 11) is 1.76. The Balaban J connectivity index is 1.48. The van der Waals surface area contributed by atoms with Gasteiger partial charge in [0.15, 0.2) is 0 Å². The Bertz CT molecular complexity index is 935. The molecule has 0 bridgehead atoms. The second kappa shape index (κ2) is 10.0. The summed E-state index contributed by atoms with van der Waals surface area (Å²) in [6.45, 7) is 3.64. The summed E-state index contributed by atoms with van der Waals surface area (Å²) < 4.78 is 1.12. The first-order valence-electron chi connectivity index (χ1n) is 9.77. The number of fused-ring (bicyclic) bond motifs is 1. The largest absolute Gasteiger partial charge is 0.352 e. The van der Waals surface area contributed by atoms with Crippen LogP contribution in [0.3, 0.4) is 0 Å². The molecule has 0 aliphatic rings. The smallest absolute Gasteiger partial charge is 0.317 e. The highest BCUT2D eigenvalue weighted by atomic mass is 32.1. The van der Waals surface area contributed by atoms with Crippen LogP contribution >= 0.6 is 11.3 Å². The molecular formula is C22H26N4O2S. The van der Waals surface area contributed by atoms with Crippen LogP contribution in [0.15, 0.2) is 48.5 Å². The molecule has 0 unspecified atom stereocenters. The van der Waals surface area contributed by atoms with Crippen molar-refractivity contribution in [1.29, 1.82) is 0 Å². The molecule has 1 aromatic heterocycles.